The van der Waals surface area contributed by atoms with Crippen LogP contribution in [0.5, 0.6) is 0 Å². The van der Waals surface area contributed by atoms with Gasteiger partial charge >= 0.3 is 0 Å². The molecule has 0 saturated carbocycles. The average Bonchev–Trinajstić information content (AvgIpc) is 2.47. The van der Waals surface area contributed by atoms with Gasteiger partial charge in [-0.2, -0.15) is 0 Å². The van der Waals surface area contributed by atoms with E-state index in [1.807, 2.05) is 18.2 Å². The van der Waals surface area contributed by atoms with Gasteiger partial charge in [0.1, 0.15) is 0 Å². The summed E-state index contributed by atoms with van der Waals surface area (Å²) in [6.45, 7) is 3.25. The van der Waals surface area contributed by atoms with E-state index in [-0.39, 0.29) is 6.10 Å². The summed E-state index contributed by atoms with van der Waals surface area (Å²) < 4.78 is 11.0. The smallest absolute Gasteiger partial charge is 0.0880 e. The lowest BCUT2D eigenvalue weighted by Crippen LogP contribution is -2.33. The van der Waals surface area contributed by atoms with E-state index in [9.17, 15) is 0 Å². The zero-order valence-electron chi connectivity index (χ0n) is 11.7. The van der Waals surface area contributed by atoms with Crippen LogP contribution in [0.1, 0.15) is 24.5 Å². The Morgan fingerprint density at radius 2 is 2.25 bits per heavy atom. The predicted octanol–water partition coefficient (Wildman–Crippen LogP) is 3.70. The Bertz CT molecular complexity index is 428. The number of nitrogens with one attached hydrogen (secondary N) is 1. The van der Waals surface area contributed by atoms with Crippen molar-refractivity contribution in [2.24, 2.45) is 5.92 Å². The largest absolute Gasteiger partial charge is 0.383 e. The van der Waals surface area contributed by atoms with Crippen LogP contribution in [-0.4, -0.2) is 33.4 Å². The van der Waals surface area contributed by atoms with Crippen molar-refractivity contribution in [3.63, 3.8) is 0 Å². The van der Waals surface area contributed by atoms with Gasteiger partial charge in [0.05, 0.1) is 12.7 Å². The zero-order chi connectivity index (χ0) is 14.4. The third kappa shape index (κ3) is 4.34. The third-order valence-corrected chi connectivity index (χ3v) is 4.18. The highest BCUT2D eigenvalue weighted by Gasteiger charge is 2.28. The standard InChI is InChI=1S/C15H21Cl2NO2/c1-19-8-6-18-10-11-3-2-7-20-15(11)13-9-12(16)4-5-14(13)17/h4-5,9,11,15,18H,2-3,6-8,10H2,1H3. The predicted molar refractivity (Wildman–Crippen MR) is 82.6 cm³/mol. The Hall–Kier alpha value is -0.320. The van der Waals surface area contributed by atoms with Crippen molar-refractivity contribution in [2.45, 2.75) is 18.9 Å². The Labute approximate surface area is 130 Å². The number of methoxy groups -OCH3 is 1. The van der Waals surface area contributed by atoms with Gasteiger partial charge < -0.3 is 14.8 Å². The maximum absolute atomic E-state index is 6.30. The van der Waals surface area contributed by atoms with Gasteiger partial charge in [0.2, 0.25) is 0 Å². The lowest BCUT2D eigenvalue weighted by molar-refractivity contribution is -0.0279. The van der Waals surface area contributed by atoms with Crippen molar-refractivity contribution in [3.8, 4) is 0 Å². The number of hydrogen-bond donors (Lipinski definition) is 1. The molecule has 0 bridgehead atoms. The monoisotopic (exact) mass is 317 g/mol. The Morgan fingerprint density at radius 3 is 3.05 bits per heavy atom. The average molecular weight is 318 g/mol. The second kappa shape index (κ2) is 8.20. The molecule has 1 heterocycles. The maximum atomic E-state index is 6.30. The van der Waals surface area contributed by atoms with Crippen molar-refractivity contribution >= 4 is 23.2 Å². The van der Waals surface area contributed by atoms with Crippen LogP contribution in [0.4, 0.5) is 0 Å². The van der Waals surface area contributed by atoms with E-state index < -0.39 is 0 Å². The first kappa shape index (κ1) is 16.1. The SMILES string of the molecule is COCCNCC1CCCOC1c1cc(Cl)ccc1Cl. The third-order valence-electron chi connectivity index (χ3n) is 3.60. The summed E-state index contributed by atoms with van der Waals surface area (Å²) in [6, 6.07) is 5.57. The van der Waals surface area contributed by atoms with E-state index >= 15 is 0 Å². The lowest BCUT2D eigenvalue weighted by atomic mass is 9.89. The summed E-state index contributed by atoms with van der Waals surface area (Å²) in [7, 11) is 1.71. The summed E-state index contributed by atoms with van der Waals surface area (Å²) in [6.07, 6.45) is 2.24. The number of halogens is 2. The van der Waals surface area contributed by atoms with Crippen molar-refractivity contribution < 1.29 is 9.47 Å². The topological polar surface area (TPSA) is 30.5 Å². The molecule has 1 aliphatic heterocycles. The minimum Gasteiger partial charge on any atom is -0.383 e. The number of hydrogen-bond acceptors (Lipinski definition) is 3. The second-order valence-electron chi connectivity index (χ2n) is 5.06. The molecule has 1 N–H and O–H groups in total. The Balaban J connectivity index is 2.04. The summed E-state index contributed by atoms with van der Waals surface area (Å²) in [5, 5.41) is 4.83. The van der Waals surface area contributed by atoms with E-state index in [4.69, 9.17) is 32.7 Å². The molecule has 0 amide bonds. The highest BCUT2D eigenvalue weighted by Crippen LogP contribution is 2.37. The first-order valence-corrected chi connectivity index (χ1v) is 7.74. The number of ether oxygens (including phenoxy) is 2. The second-order valence-corrected chi connectivity index (χ2v) is 5.90. The normalized spacial score (nSPS) is 22.9. The van der Waals surface area contributed by atoms with Gasteiger partial charge in [0, 0.05) is 48.3 Å². The highest BCUT2D eigenvalue weighted by atomic mass is 35.5. The summed E-state index contributed by atoms with van der Waals surface area (Å²) >= 11 is 12.4. The molecule has 2 atom stereocenters. The minimum absolute atomic E-state index is 0.0185. The van der Waals surface area contributed by atoms with Crippen molar-refractivity contribution in [1.29, 1.82) is 0 Å². The van der Waals surface area contributed by atoms with Crippen LogP contribution in [0.15, 0.2) is 18.2 Å². The molecule has 5 heteroatoms. The van der Waals surface area contributed by atoms with Crippen molar-refractivity contribution in [3.05, 3.63) is 33.8 Å². The molecule has 0 aliphatic carbocycles. The zero-order valence-corrected chi connectivity index (χ0v) is 13.2. The molecule has 112 valence electrons. The van der Waals surface area contributed by atoms with Gasteiger partial charge in [-0.25, -0.2) is 0 Å². The van der Waals surface area contributed by atoms with Gasteiger partial charge in [-0.3, -0.25) is 0 Å². The van der Waals surface area contributed by atoms with E-state index in [2.05, 4.69) is 5.32 Å². The summed E-state index contributed by atoms with van der Waals surface area (Å²) in [5.74, 6) is 0.413. The van der Waals surface area contributed by atoms with Crippen LogP contribution in [0.2, 0.25) is 10.0 Å². The molecule has 1 saturated heterocycles. The molecular formula is C15H21Cl2NO2. The van der Waals surface area contributed by atoms with Gasteiger partial charge in [-0.1, -0.05) is 23.2 Å². The summed E-state index contributed by atoms with van der Waals surface area (Å²) in [4.78, 5) is 0. The molecule has 1 aliphatic rings. The molecule has 1 aromatic rings. The van der Waals surface area contributed by atoms with E-state index in [1.165, 1.54) is 0 Å². The van der Waals surface area contributed by atoms with E-state index in [0.29, 0.717) is 10.9 Å². The molecular weight excluding hydrogens is 297 g/mol. The molecule has 1 aromatic carbocycles. The maximum Gasteiger partial charge on any atom is 0.0880 e. The first-order chi connectivity index (χ1) is 9.72. The molecule has 0 aromatic heterocycles. The van der Waals surface area contributed by atoms with E-state index in [1.54, 1.807) is 7.11 Å². The van der Waals surface area contributed by atoms with Crippen molar-refractivity contribution in [2.75, 3.05) is 33.4 Å². The molecule has 0 spiro atoms. The Morgan fingerprint density at radius 1 is 1.40 bits per heavy atom. The van der Waals surface area contributed by atoms with Gasteiger partial charge in [-0.05, 0) is 31.0 Å². The molecule has 2 rings (SSSR count). The number of benzene rings is 1. The van der Waals surface area contributed by atoms with Crippen LogP contribution < -0.4 is 5.32 Å². The van der Waals surface area contributed by atoms with E-state index in [0.717, 1.165) is 49.7 Å². The molecule has 20 heavy (non-hydrogen) atoms. The van der Waals surface area contributed by atoms with Crippen LogP contribution >= 0.6 is 23.2 Å². The molecule has 1 fully saturated rings. The fourth-order valence-electron chi connectivity index (χ4n) is 2.59. The fraction of sp³-hybridized carbons (Fsp3) is 0.600. The highest BCUT2D eigenvalue weighted by molar-refractivity contribution is 6.33. The lowest BCUT2D eigenvalue weighted by Gasteiger charge is -2.33. The Kier molecular flexibility index (Phi) is 6.59. The molecule has 3 nitrogen and oxygen atoms in total. The summed E-state index contributed by atoms with van der Waals surface area (Å²) in [5.41, 5.74) is 0.998. The van der Waals surface area contributed by atoms with Crippen LogP contribution in [0.25, 0.3) is 0 Å². The van der Waals surface area contributed by atoms with Crippen LogP contribution in [0, 0.1) is 5.92 Å². The fourth-order valence-corrected chi connectivity index (χ4v) is 3.00. The van der Waals surface area contributed by atoms with Gasteiger partial charge in [0.25, 0.3) is 0 Å². The van der Waals surface area contributed by atoms with Gasteiger partial charge in [-0.15, -0.1) is 0 Å². The van der Waals surface area contributed by atoms with Crippen molar-refractivity contribution in [1.82, 2.24) is 5.32 Å². The first-order valence-electron chi connectivity index (χ1n) is 6.98. The molecule has 2 unspecified atom stereocenters. The molecule has 0 radical (unpaired) electrons. The van der Waals surface area contributed by atoms with Gasteiger partial charge in [0.15, 0.2) is 0 Å². The number of rotatable bonds is 6. The minimum atomic E-state index is 0.0185. The quantitative estimate of drug-likeness (QED) is 0.811. The van der Waals surface area contributed by atoms with Crippen LogP contribution in [-0.2, 0) is 9.47 Å². The van der Waals surface area contributed by atoms with Crippen LogP contribution in [0.3, 0.4) is 0 Å².